The summed E-state index contributed by atoms with van der Waals surface area (Å²) in [6.45, 7) is 1.13. The van der Waals surface area contributed by atoms with Crippen LogP contribution in [-0.4, -0.2) is 36.6 Å². The van der Waals surface area contributed by atoms with Crippen LogP contribution in [0.25, 0.3) is 21.0 Å². The third kappa shape index (κ3) is 3.21. The van der Waals surface area contributed by atoms with E-state index in [0.717, 1.165) is 27.2 Å². The van der Waals surface area contributed by atoms with E-state index in [4.69, 9.17) is 13.9 Å². The minimum Gasteiger partial charge on any atom is -0.493 e. The Hall–Kier alpha value is -3.32. The van der Waals surface area contributed by atoms with Crippen LogP contribution in [0.3, 0.4) is 0 Å². The van der Waals surface area contributed by atoms with E-state index in [0.29, 0.717) is 36.1 Å². The van der Waals surface area contributed by atoms with E-state index in [1.165, 1.54) is 5.56 Å². The van der Waals surface area contributed by atoms with E-state index in [9.17, 15) is 4.79 Å². The molecule has 7 heteroatoms. The van der Waals surface area contributed by atoms with Crippen molar-refractivity contribution in [1.29, 1.82) is 0 Å². The standard InChI is InChI=1S/C23H20N2O4S/c1-27-19-11-14-9-10-25(13-15(14)12-20(19)28-2)23(26)18-8-7-17(29-18)22-24-16-5-3-4-6-21(16)30-22/h3-8,11-12H,9-10,13H2,1-2H3. The molecule has 0 fully saturated rings. The molecule has 0 bridgehead atoms. The monoisotopic (exact) mass is 420 g/mol. The molecule has 0 saturated heterocycles. The van der Waals surface area contributed by atoms with Gasteiger partial charge in [-0.1, -0.05) is 12.1 Å². The molecule has 0 saturated carbocycles. The molecule has 4 aromatic rings. The fourth-order valence-corrected chi connectivity index (χ4v) is 4.69. The van der Waals surface area contributed by atoms with Gasteiger partial charge in [0.05, 0.1) is 24.4 Å². The summed E-state index contributed by atoms with van der Waals surface area (Å²) >= 11 is 1.55. The summed E-state index contributed by atoms with van der Waals surface area (Å²) in [4.78, 5) is 19.5. The Labute approximate surface area is 177 Å². The molecule has 1 aliphatic heterocycles. The Bertz CT molecular complexity index is 1210. The van der Waals surface area contributed by atoms with Crippen LogP contribution < -0.4 is 9.47 Å². The summed E-state index contributed by atoms with van der Waals surface area (Å²) in [5.74, 6) is 2.20. The van der Waals surface area contributed by atoms with Gasteiger partial charge in [-0.15, -0.1) is 11.3 Å². The number of aromatic nitrogens is 1. The minimum absolute atomic E-state index is 0.122. The maximum absolute atomic E-state index is 13.1. The highest BCUT2D eigenvalue weighted by Gasteiger charge is 2.26. The van der Waals surface area contributed by atoms with Crippen molar-refractivity contribution in [3.63, 3.8) is 0 Å². The Balaban J connectivity index is 1.38. The van der Waals surface area contributed by atoms with Crippen LogP contribution in [0.2, 0.25) is 0 Å². The minimum atomic E-state index is -0.122. The van der Waals surface area contributed by atoms with Crippen LogP contribution in [0, 0.1) is 0 Å². The van der Waals surface area contributed by atoms with Crippen molar-refractivity contribution >= 4 is 27.5 Å². The number of para-hydroxylation sites is 1. The topological polar surface area (TPSA) is 64.8 Å². The lowest BCUT2D eigenvalue weighted by atomic mass is 9.98. The summed E-state index contributed by atoms with van der Waals surface area (Å²) in [6, 6.07) is 15.4. The predicted molar refractivity (Wildman–Crippen MR) is 115 cm³/mol. The molecule has 0 unspecified atom stereocenters. The number of nitrogens with zero attached hydrogens (tertiary/aromatic N) is 2. The van der Waals surface area contributed by atoms with Crippen molar-refractivity contribution in [3.8, 4) is 22.3 Å². The van der Waals surface area contributed by atoms with Crippen LogP contribution in [0.5, 0.6) is 11.5 Å². The molecule has 30 heavy (non-hydrogen) atoms. The maximum Gasteiger partial charge on any atom is 0.289 e. The summed E-state index contributed by atoms with van der Waals surface area (Å²) in [6.07, 6.45) is 0.757. The molecular weight excluding hydrogens is 400 g/mol. The number of fused-ring (bicyclic) bond motifs is 2. The molecule has 0 atom stereocenters. The lowest BCUT2D eigenvalue weighted by Gasteiger charge is -2.29. The number of methoxy groups -OCH3 is 2. The molecule has 5 rings (SSSR count). The number of thiazole rings is 1. The van der Waals surface area contributed by atoms with Gasteiger partial charge >= 0.3 is 0 Å². The van der Waals surface area contributed by atoms with E-state index in [2.05, 4.69) is 4.98 Å². The molecular formula is C23H20N2O4S. The van der Waals surface area contributed by atoms with Gasteiger partial charge in [-0.25, -0.2) is 4.98 Å². The van der Waals surface area contributed by atoms with E-state index in [1.807, 2.05) is 42.5 Å². The highest BCUT2D eigenvalue weighted by Crippen LogP contribution is 2.34. The zero-order chi connectivity index (χ0) is 20.7. The number of hydrogen-bond acceptors (Lipinski definition) is 6. The zero-order valence-corrected chi connectivity index (χ0v) is 17.5. The molecule has 152 valence electrons. The van der Waals surface area contributed by atoms with E-state index >= 15 is 0 Å². The van der Waals surface area contributed by atoms with Crippen LogP contribution in [0.15, 0.2) is 52.9 Å². The zero-order valence-electron chi connectivity index (χ0n) is 16.7. The average Bonchev–Trinajstić information content (AvgIpc) is 3.44. The second-order valence-corrected chi connectivity index (χ2v) is 8.13. The summed E-state index contributed by atoms with van der Waals surface area (Å²) in [5.41, 5.74) is 3.16. The van der Waals surface area contributed by atoms with Crippen LogP contribution in [0.4, 0.5) is 0 Å². The van der Waals surface area contributed by atoms with Crippen molar-refractivity contribution in [3.05, 3.63) is 65.4 Å². The van der Waals surface area contributed by atoms with E-state index in [1.54, 1.807) is 36.5 Å². The number of benzene rings is 2. The first-order chi connectivity index (χ1) is 14.7. The van der Waals surface area contributed by atoms with Gasteiger partial charge in [0.2, 0.25) is 0 Å². The SMILES string of the molecule is COc1cc2c(cc1OC)CN(C(=O)c1ccc(-c3nc4ccccc4s3)o1)CC2. The van der Waals surface area contributed by atoms with Gasteiger partial charge in [0, 0.05) is 13.1 Å². The molecule has 0 radical (unpaired) electrons. The number of ether oxygens (including phenoxy) is 2. The van der Waals surface area contributed by atoms with Crippen LogP contribution in [-0.2, 0) is 13.0 Å². The summed E-state index contributed by atoms with van der Waals surface area (Å²) < 4.78 is 17.8. The first kappa shape index (κ1) is 18.7. The van der Waals surface area contributed by atoms with Gasteiger partial charge in [0.15, 0.2) is 28.0 Å². The highest BCUT2D eigenvalue weighted by molar-refractivity contribution is 7.21. The van der Waals surface area contributed by atoms with E-state index in [-0.39, 0.29) is 5.91 Å². The smallest absolute Gasteiger partial charge is 0.289 e. The number of carbonyl (C=O) groups is 1. The quantitative estimate of drug-likeness (QED) is 0.476. The first-order valence-electron chi connectivity index (χ1n) is 9.65. The van der Waals surface area contributed by atoms with Gasteiger partial charge in [-0.2, -0.15) is 0 Å². The van der Waals surface area contributed by atoms with E-state index < -0.39 is 0 Å². The third-order valence-electron chi connectivity index (χ3n) is 5.33. The number of furan rings is 1. The molecule has 0 spiro atoms. The van der Waals surface area contributed by atoms with Crippen molar-refractivity contribution in [1.82, 2.24) is 9.88 Å². The molecule has 0 N–H and O–H groups in total. The molecule has 2 aromatic heterocycles. The Morgan fingerprint density at radius 2 is 1.83 bits per heavy atom. The van der Waals surface area contributed by atoms with Crippen molar-refractivity contribution in [2.75, 3.05) is 20.8 Å². The molecule has 2 aromatic carbocycles. The average molecular weight is 420 g/mol. The lowest BCUT2D eigenvalue weighted by molar-refractivity contribution is 0.0703. The number of rotatable bonds is 4. The predicted octanol–water partition coefficient (Wildman–Crippen LogP) is 4.77. The Kier molecular flexibility index (Phi) is 4.67. The summed E-state index contributed by atoms with van der Waals surface area (Å²) in [5, 5.41) is 0.774. The lowest BCUT2D eigenvalue weighted by Crippen LogP contribution is -2.35. The van der Waals surface area contributed by atoms with Crippen molar-refractivity contribution < 1.29 is 18.7 Å². The maximum atomic E-state index is 13.1. The van der Waals surface area contributed by atoms with Crippen LogP contribution >= 0.6 is 11.3 Å². The normalized spacial score (nSPS) is 13.3. The largest absolute Gasteiger partial charge is 0.493 e. The van der Waals surface area contributed by atoms with Gasteiger partial charge in [-0.3, -0.25) is 4.79 Å². The number of hydrogen-bond donors (Lipinski definition) is 0. The van der Waals surface area contributed by atoms with Gasteiger partial charge < -0.3 is 18.8 Å². The highest BCUT2D eigenvalue weighted by atomic mass is 32.1. The molecule has 0 aliphatic carbocycles. The molecule has 1 aliphatic rings. The second kappa shape index (κ2) is 7.50. The van der Waals surface area contributed by atoms with Gasteiger partial charge in [-0.05, 0) is 53.9 Å². The fourth-order valence-electron chi connectivity index (χ4n) is 3.76. The number of carbonyl (C=O) groups excluding carboxylic acids is 1. The van der Waals surface area contributed by atoms with Gasteiger partial charge in [0.25, 0.3) is 5.91 Å². The van der Waals surface area contributed by atoms with Crippen LogP contribution in [0.1, 0.15) is 21.7 Å². The third-order valence-corrected chi connectivity index (χ3v) is 6.38. The van der Waals surface area contributed by atoms with Crippen molar-refractivity contribution in [2.45, 2.75) is 13.0 Å². The summed E-state index contributed by atoms with van der Waals surface area (Å²) in [7, 11) is 3.24. The first-order valence-corrected chi connectivity index (χ1v) is 10.5. The fraction of sp³-hybridized carbons (Fsp3) is 0.217. The van der Waals surface area contributed by atoms with Gasteiger partial charge in [0.1, 0.15) is 0 Å². The Morgan fingerprint density at radius 1 is 1.07 bits per heavy atom. The second-order valence-electron chi connectivity index (χ2n) is 7.10. The number of amides is 1. The molecule has 3 heterocycles. The Morgan fingerprint density at radius 3 is 2.60 bits per heavy atom. The molecule has 6 nitrogen and oxygen atoms in total. The molecule has 1 amide bonds. The van der Waals surface area contributed by atoms with Crippen molar-refractivity contribution in [2.24, 2.45) is 0 Å².